The molecule has 2 aromatic rings. The van der Waals surface area contributed by atoms with Crippen molar-refractivity contribution in [3.05, 3.63) is 59.1 Å². The van der Waals surface area contributed by atoms with Gasteiger partial charge in [-0.3, -0.25) is 4.90 Å². The lowest BCUT2D eigenvalue weighted by atomic mass is 10.2. The number of nitrogens with zero attached hydrogens (tertiary/aromatic N) is 2. The standard InChI is InChI=1S/C19H24BrN3O/c20-16-6-8-18(9-7-16)23(17-4-2-1-3-5-17)15-19(24)14-22-12-10-21-11-13-22/h1-9,19,21,24H,10-15H2. The van der Waals surface area contributed by atoms with E-state index in [1.165, 1.54) is 0 Å². The molecule has 0 aliphatic carbocycles. The summed E-state index contributed by atoms with van der Waals surface area (Å²) >= 11 is 3.49. The molecule has 1 fully saturated rings. The van der Waals surface area contributed by atoms with Crippen molar-refractivity contribution < 1.29 is 5.11 Å². The van der Waals surface area contributed by atoms with E-state index in [9.17, 15) is 5.11 Å². The molecule has 1 aliphatic heterocycles. The zero-order chi connectivity index (χ0) is 16.8. The number of hydrogen-bond donors (Lipinski definition) is 2. The van der Waals surface area contributed by atoms with Crippen molar-refractivity contribution in [2.45, 2.75) is 6.10 Å². The van der Waals surface area contributed by atoms with Crippen molar-refractivity contribution in [3.63, 3.8) is 0 Å². The third kappa shape index (κ3) is 4.80. The van der Waals surface area contributed by atoms with Crippen molar-refractivity contribution in [3.8, 4) is 0 Å². The minimum atomic E-state index is -0.396. The Morgan fingerprint density at radius 3 is 2.29 bits per heavy atom. The molecule has 0 saturated carbocycles. The van der Waals surface area contributed by atoms with Crippen LogP contribution < -0.4 is 10.2 Å². The predicted molar refractivity (Wildman–Crippen MR) is 103 cm³/mol. The lowest BCUT2D eigenvalue weighted by molar-refractivity contribution is 0.111. The topological polar surface area (TPSA) is 38.7 Å². The first-order chi connectivity index (χ1) is 11.7. The summed E-state index contributed by atoms with van der Waals surface area (Å²) in [6.45, 7) is 5.29. The highest BCUT2D eigenvalue weighted by Gasteiger charge is 2.18. The molecule has 2 N–H and O–H groups in total. The third-order valence-electron chi connectivity index (χ3n) is 4.28. The molecule has 3 rings (SSSR count). The highest BCUT2D eigenvalue weighted by molar-refractivity contribution is 9.10. The van der Waals surface area contributed by atoms with Crippen molar-refractivity contribution in [1.29, 1.82) is 0 Å². The Bertz CT molecular complexity index is 614. The number of aliphatic hydroxyl groups excluding tert-OH is 1. The van der Waals surface area contributed by atoms with Crippen LogP contribution in [0.5, 0.6) is 0 Å². The maximum Gasteiger partial charge on any atom is 0.0845 e. The largest absolute Gasteiger partial charge is 0.390 e. The Morgan fingerprint density at radius 2 is 1.62 bits per heavy atom. The fourth-order valence-electron chi connectivity index (χ4n) is 3.05. The maximum absolute atomic E-state index is 10.6. The summed E-state index contributed by atoms with van der Waals surface area (Å²) in [6.07, 6.45) is -0.396. The van der Waals surface area contributed by atoms with E-state index in [-0.39, 0.29) is 0 Å². The molecule has 0 radical (unpaired) electrons. The van der Waals surface area contributed by atoms with Gasteiger partial charge in [-0.15, -0.1) is 0 Å². The van der Waals surface area contributed by atoms with Gasteiger partial charge in [0.15, 0.2) is 0 Å². The van der Waals surface area contributed by atoms with E-state index in [4.69, 9.17) is 0 Å². The molecule has 0 amide bonds. The molecule has 1 saturated heterocycles. The van der Waals surface area contributed by atoms with Crippen LogP contribution >= 0.6 is 15.9 Å². The summed E-state index contributed by atoms with van der Waals surface area (Å²) in [7, 11) is 0. The number of para-hydroxylation sites is 1. The highest BCUT2D eigenvalue weighted by Crippen LogP contribution is 2.26. The lowest BCUT2D eigenvalue weighted by Gasteiger charge is -2.32. The normalized spacial score (nSPS) is 16.8. The summed E-state index contributed by atoms with van der Waals surface area (Å²) in [5.41, 5.74) is 2.18. The summed E-state index contributed by atoms with van der Waals surface area (Å²) in [5.74, 6) is 0. The van der Waals surface area contributed by atoms with Gasteiger partial charge in [0, 0.05) is 48.6 Å². The van der Waals surface area contributed by atoms with Gasteiger partial charge >= 0.3 is 0 Å². The number of benzene rings is 2. The molecule has 1 unspecified atom stereocenters. The number of piperazine rings is 1. The molecule has 0 aromatic heterocycles. The SMILES string of the molecule is OC(CN1CCNCC1)CN(c1ccccc1)c1ccc(Br)cc1. The first-order valence-corrected chi connectivity index (χ1v) is 9.21. The Morgan fingerprint density at radius 1 is 1.00 bits per heavy atom. The van der Waals surface area contributed by atoms with Gasteiger partial charge < -0.3 is 15.3 Å². The molecule has 24 heavy (non-hydrogen) atoms. The second-order valence-electron chi connectivity index (χ2n) is 6.13. The van der Waals surface area contributed by atoms with Gasteiger partial charge in [-0.1, -0.05) is 34.1 Å². The first kappa shape index (κ1) is 17.4. The second kappa shape index (κ2) is 8.62. The number of halogens is 1. The number of rotatable bonds is 6. The van der Waals surface area contributed by atoms with E-state index in [2.05, 4.69) is 55.3 Å². The van der Waals surface area contributed by atoms with E-state index in [0.29, 0.717) is 13.1 Å². The van der Waals surface area contributed by atoms with Crippen molar-refractivity contribution in [2.75, 3.05) is 44.2 Å². The molecular formula is C19H24BrN3O. The second-order valence-corrected chi connectivity index (χ2v) is 7.04. The zero-order valence-corrected chi connectivity index (χ0v) is 15.3. The summed E-state index contributed by atoms with van der Waals surface area (Å²) in [6, 6.07) is 18.5. The monoisotopic (exact) mass is 389 g/mol. The smallest absolute Gasteiger partial charge is 0.0845 e. The Hall–Kier alpha value is -1.40. The molecule has 128 valence electrons. The van der Waals surface area contributed by atoms with Crippen LogP contribution in [0.1, 0.15) is 0 Å². The molecule has 4 nitrogen and oxygen atoms in total. The minimum Gasteiger partial charge on any atom is -0.390 e. The Balaban J connectivity index is 1.73. The van der Waals surface area contributed by atoms with Crippen LogP contribution in [0.3, 0.4) is 0 Å². The Kier molecular flexibility index (Phi) is 6.26. The average Bonchev–Trinajstić information content (AvgIpc) is 2.62. The molecule has 5 heteroatoms. The zero-order valence-electron chi connectivity index (χ0n) is 13.7. The number of nitrogens with one attached hydrogen (secondary N) is 1. The van der Waals surface area contributed by atoms with Gasteiger partial charge in [-0.25, -0.2) is 0 Å². The van der Waals surface area contributed by atoms with E-state index in [1.54, 1.807) is 0 Å². The Labute approximate surface area is 152 Å². The van der Waals surface area contributed by atoms with Gasteiger partial charge in [-0.05, 0) is 36.4 Å². The van der Waals surface area contributed by atoms with Crippen LogP contribution in [0.2, 0.25) is 0 Å². The quantitative estimate of drug-likeness (QED) is 0.796. The molecule has 1 heterocycles. The number of hydrogen-bond acceptors (Lipinski definition) is 4. The van der Waals surface area contributed by atoms with Crippen LogP contribution in [-0.4, -0.2) is 55.4 Å². The van der Waals surface area contributed by atoms with Gasteiger partial charge in [0.25, 0.3) is 0 Å². The summed E-state index contributed by atoms with van der Waals surface area (Å²) in [4.78, 5) is 4.51. The van der Waals surface area contributed by atoms with Gasteiger partial charge in [0.1, 0.15) is 0 Å². The van der Waals surface area contributed by atoms with Gasteiger partial charge in [0.2, 0.25) is 0 Å². The number of aliphatic hydroxyl groups is 1. The molecule has 1 atom stereocenters. The van der Waals surface area contributed by atoms with Crippen LogP contribution in [0, 0.1) is 0 Å². The van der Waals surface area contributed by atoms with Crippen LogP contribution in [-0.2, 0) is 0 Å². The fourth-order valence-corrected chi connectivity index (χ4v) is 3.31. The molecule has 0 bridgehead atoms. The van der Waals surface area contributed by atoms with Crippen molar-refractivity contribution in [2.24, 2.45) is 0 Å². The molecule has 2 aromatic carbocycles. The van der Waals surface area contributed by atoms with E-state index >= 15 is 0 Å². The van der Waals surface area contributed by atoms with Crippen LogP contribution in [0.25, 0.3) is 0 Å². The molecular weight excluding hydrogens is 366 g/mol. The van der Waals surface area contributed by atoms with E-state index in [0.717, 1.165) is 42.0 Å². The minimum absolute atomic E-state index is 0.396. The summed E-state index contributed by atoms with van der Waals surface area (Å²) in [5, 5.41) is 14.0. The van der Waals surface area contributed by atoms with Gasteiger partial charge in [0.05, 0.1) is 12.6 Å². The third-order valence-corrected chi connectivity index (χ3v) is 4.81. The van der Waals surface area contributed by atoms with Crippen molar-refractivity contribution in [1.82, 2.24) is 10.2 Å². The van der Waals surface area contributed by atoms with Crippen molar-refractivity contribution >= 4 is 27.3 Å². The predicted octanol–water partition coefficient (Wildman–Crippen LogP) is 2.85. The van der Waals surface area contributed by atoms with Crippen LogP contribution in [0.4, 0.5) is 11.4 Å². The lowest BCUT2D eigenvalue weighted by Crippen LogP contribution is -2.48. The summed E-state index contributed by atoms with van der Waals surface area (Å²) < 4.78 is 1.06. The fraction of sp³-hybridized carbons (Fsp3) is 0.368. The molecule has 0 spiro atoms. The highest BCUT2D eigenvalue weighted by atomic mass is 79.9. The maximum atomic E-state index is 10.6. The van der Waals surface area contributed by atoms with Crippen LogP contribution in [0.15, 0.2) is 59.1 Å². The first-order valence-electron chi connectivity index (χ1n) is 8.41. The van der Waals surface area contributed by atoms with Gasteiger partial charge in [-0.2, -0.15) is 0 Å². The number of β-amino-alcohol motifs (C(OH)–C–C–N with tert-alkyl or cyclic N) is 1. The number of anilines is 2. The molecule has 1 aliphatic rings. The van der Waals surface area contributed by atoms with E-state index in [1.807, 2.05) is 30.3 Å². The average molecular weight is 390 g/mol. The van der Waals surface area contributed by atoms with E-state index < -0.39 is 6.10 Å².